The van der Waals surface area contributed by atoms with Crippen molar-refractivity contribution in [2.45, 2.75) is 6.92 Å². The second-order valence-corrected chi connectivity index (χ2v) is 3.07. The molecule has 0 aromatic carbocycles. The van der Waals surface area contributed by atoms with Crippen LogP contribution in [0.25, 0.3) is 10.3 Å². The van der Waals surface area contributed by atoms with E-state index in [2.05, 4.69) is 0 Å². The lowest BCUT2D eigenvalue weighted by Crippen LogP contribution is -1.59. The van der Waals surface area contributed by atoms with Gasteiger partial charge in [-0.3, -0.25) is 0 Å². The van der Waals surface area contributed by atoms with E-state index >= 15 is 0 Å². The van der Waals surface area contributed by atoms with E-state index in [9.17, 15) is 4.39 Å². The molecule has 1 nitrogen and oxygen atoms in total. The van der Waals surface area contributed by atoms with Gasteiger partial charge in [-0.2, -0.15) is 4.39 Å². The van der Waals surface area contributed by atoms with Crippen molar-refractivity contribution in [3.63, 3.8) is 0 Å². The van der Waals surface area contributed by atoms with Crippen molar-refractivity contribution in [1.82, 2.24) is 0 Å². The average Bonchev–Trinajstić information content (AvgIpc) is 2.35. The number of aryl methyl sites for hydroxylation is 1. The maximum Gasteiger partial charge on any atom is 0.279 e. The molecule has 0 saturated heterocycles. The first-order valence-corrected chi connectivity index (χ1v) is 3.78. The number of furan rings is 1. The Hall–Kier alpha value is -0.830. The van der Waals surface area contributed by atoms with E-state index < -0.39 is 6.01 Å². The number of hydrogen-bond acceptors (Lipinski definition) is 2. The second kappa shape index (κ2) is 1.83. The van der Waals surface area contributed by atoms with Gasteiger partial charge in [0.25, 0.3) is 6.01 Å². The lowest BCUT2D eigenvalue weighted by molar-refractivity contribution is 0.380. The van der Waals surface area contributed by atoms with Crippen LogP contribution in [0.1, 0.15) is 5.56 Å². The van der Waals surface area contributed by atoms with Gasteiger partial charge in [0.15, 0.2) is 5.58 Å². The molecule has 0 aliphatic carbocycles. The molecule has 0 aliphatic heterocycles. The highest BCUT2D eigenvalue weighted by atomic mass is 32.1. The first-order valence-electron chi connectivity index (χ1n) is 2.90. The fraction of sp³-hybridized carbons (Fsp3) is 0.143. The number of thiophene rings is 1. The Morgan fingerprint density at radius 3 is 3.10 bits per heavy atom. The van der Waals surface area contributed by atoms with Crippen molar-refractivity contribution >= 4 is 21.6 Å². The minimum Gasteiger partial charge on any atom is -0.430 e. The third-order valence-corrected chi connectivity index (χ3v) is 2.42. The summed E-state index contributed by atoms with van der Waals surface area (Å²) in [6.07, 6.45) is 0. The molecular weight excluding hydrogens is 151 g/mol. The second-order valence-electron chi connectivity index (χ2n) is 2.16. The first-order chi connectivity index (χ1) is 4.77. The van der Waals surface area contributed by atoms with E-state index in [1.165, 1.54) is 17.4 Å². The maximum absolute atomic E-state index is 12.4. The Balaban J connectivity index is 2.90. The normalized spacial score (nSPS) is 11.0. The predicted molar refractivity (Wildman–Crippen MR) is 38.8 cm³/mol. The predicted octanol–water partition coefficient (Wildman–Crippen LogP) is 2.94. The Bertz CT molecular complexity index is 360. The van der Waals surface area contributed by atoms with Crippen LogP contribution >= 0.6 is 11.3 Å². The van der Waals surface area contributed by atoms with Crippen LogP contribution < -0.4 is 0 Å². The summed E-state index contributed by atoms with van der Waals surface area (Å²) in [6, 6.07) is 0.914. The molecule has 52 valence electrons. The van der Waals surface area contributed by atoms with Gasteiger partial charge in [0.2, 0.25) is 0 Å². The van der Waals surface area contributed by atoms with Crippen molar-refractivity contribution < 1.29 is 8.81 Å². The third-order valence-electron chi connectivity index (χ3n) is 1.39. The number of hydrogen-bond donors (Lipinski definition) is 0. The molecule has 0 radical (unpaired) electrons. The summed E-state index contributed by atoms with van der Waals surface area (Å²) in [7, 11) is 0. The third kappa shape index (κ3) is 0.671. The molecule has 0 unspecified atom stereocenters. The van der Waals surface area contributed by atoms with E-state index in [0.717, 1.165) is 10.3 Å². The van der Waals surface area contributed by atoms with E-state index in [0.29, 0.717) is 5.58 Å². The van der Waals surface area contributed by atoms with Crippen LogP contribution in [0.15, 0.2) is 15.9 Å². The lowest BCUT2D eigenvalue weighted by Gasteiger charge is -1.78. The fourth-order valence-electron chi connectivity index (χ4n) is 0.914. The smallest absolute Gasteiger partial charge is 0.279 e. The topological polar surface area (TPSA) is 13.1 Å². The van der Waals surface area contributed by atoms with Crippen molar-refractivity contribution in [3.05, 3.63) is 23.0 Å². The molecule has 0 bridgehead atoms. The van der Waals surface area contributed by atoms with Gasteiger partial charge in [-0.1, -0.05) is 0 Å². The van der Waals surface area contributed by atoms with Crippen LogP contribution in [0.2, 0.25) is 0 Å². The highest BCUT2D eigenvalue weighted by Crippen LogP contribution is 2.27. The largest absolute Gasteiger partial charge is 0.430 e. The molecule has 0 aliphatic rings. The van der Waals surface area contributed by atoms with Crippen LogP contribution in [-0.2, 0) is 0 Å². The summed E-state index contributed by atoms with van der Waals surface area (Å²) < 4.78 is 18.0. The zero-order valence-corrected chi connectivity index (χ0v) is 6.17. The van der Waals surface area contributed by atoms with Crippen LogP contribution in [0, 0.1) is 12.9 Å². The van der Waals surface area contributed by atoms with Crippen molar-refractivity contribution in [2.75, 3.05) is 0 Å². The summed E-state index contributed by atoms with van der Waals surface area (Å²) in [4.78, 5) is 0. The van der Waals surface area contributed by atoms with Crippen LogP contribution in [0.4, 0.5) is 4.39 Å². The summed E-state index contributed by atoms with van der Waals surface area (Å²) in [5.41, 5.74) is 1.69. The molecule has 0 saturated carbocycles. The Morgan fingerprint density at radius 1 is 1.60 bits per heavy atom. The molecule has 0 amide bonds. The first kappa shape index (κ1) is 5.92. The minimum absolute atomic E-state index is 0.495. The van der Waals surface area contributed by atoms with Crippen LogP contribution in [0.5, 0.6) is 0 Å². The molecule has 0 N–H and O–H groups in total. The quantitative estimate of drug-likeness (QED) is 0.571. The summed E-state index contributed by atoms with van der Waals surface area (Å²) in [5.74, 6) is 0. The van der Waals surface area contributed by atoms with Crippen LogP contribution in [0.3, 0.4) is 0 Å². The number of fused-ring (bicyclic) bond motifs is 1. The molecular formula is C7H5FOS. The summed E-state index contributed by atoms with van der Waals surface area (Å²) in [5, 5.41) is 1.95. The number of rotatable bonds is 0. The van der Waals surface area contributed by atoms with E-state index in [1.807, 2.05) is 12.3 Å². The zero-order chi connectivity index (χ0) is 7.14. The van der Waals surface area contributed by atoms with Crippen LogP contribution in [-0.4, -0.2) is 0 Å². The SMILES string of the molecule is Cc1csc2cc(F)oc12. The zero-order valence-electron chi connectivity index (χ0n) is 5.35. The molecule has 0 spiro atoms. The molecule has 2 aromatic rings. The monoisotopic (exact) mass is 156 g/mol. The molecule has 0 atom stereocenters. The minimum atomic E-state index is -0.495. The summed E-state index contributed by atoms with van der Waals surface area (Å²) in [6.45, 7) is 1.90. The van der Waals surface area contributed by atoms with Gasteiger partial charge in [0.1, 0.15) is 0 Å². The molecule has 10 heavy (non-hydrogen) atoms. The van der Waals surface area contributed by atoms with E-state index in [1.54, 1.807) is 0 Å². The van der Waals surface area contributed by atoms with Gasteiger partial charge < -0.3 is 4.42 Å². The van der Waals surface area contributed by atoms with Gasteiger partial charge in [0, 0.05) is 11.6 Å². The molecule has 3 heteroatoms. The van der Waals surface area contributed by atoms with E-state index in [-0.39, 0.29) is 0 Å². The van der Waals surface area contributed by atoms with Gasteiger partial charge >= 0.3 is 0 Å². The standard InChI is InChI=1S/C7H5FOS/c1-4-3-10-5-2-6(8)9-7(4)5/h2-3H,1H3. The van der Waals surface area contributed by atoms with Crippen molar-refractivity contribution in [2.24, 2.45) is 0 Å². The number of halogens is 1. The Morgan fingerprint density at radius 2 is 2.40 bits per heavy atom. The molecule has 0 fully saturated rings. The van der Waals surface area contributed by atoms with Gasteiger partial charge in [-0.15, -0.1) is 11.3 Å². The van der Waals surface area contributed by atoms with Gasteiger partial charge in [-0.05, 0) is 12.3 Å². The highest BCUT2D eigenvalue weighted by Gasteiger charge is 2.05. The van der Waals surface area contributed by atoms with Crippen molar-refractivity contribution in [1.29, 1.82) is 0 Å². The maximum atomic E-state index is 12.4. The Kier molecular flexibility index (Phi) is 1.08. The fourth-order valence-corrected chi connectivity index (χ4v) is 1.79. The van der Waals surface area contributed by atoms with E-state index in [4.69, 9.17) is 4.42 Å². The molecule has 2 heterocycles. The van der Waals surface area contributed by atoms with Gasteiger partial charge in [0.05, 0.1) is 4.70 Å². The van der Waals surface area contributed by atoms with Crippen molar-refractivity contribution in [3.8, 4) is 0 Å². The Labute approximate surface area is 61.1 Å². The lowest BCUT2D eigenvalue weighted by atomic mass is 10.3. The van der Waals surface area contributed by atoms with Gasteiger partial charge in [-0.25, -0.2) is 0 Å². The summed E-state index contributed by atoms with van der Waals surface area (Å²) >= 11 is 1.50. The average molecular weight is 156 g/mol. The molecule has 2 rings (SSSR count). The highest BCUT2D eigenvalue weighted by molar-refractivity contribution is 7.17. The molecule has 2 aromatic heterocycles.